The van der Waals surface area contributed by atoms with Crippen molar-refractivity contribution in [3.05, 3.63) is 55.1 Å². The van der Waals surface area contributed by atoms with Crippen molar-refractivity contribution < 1.29 is 24.0 Å². The van der Waals surface area contributed by atoms with Gasteiger partial charge in [-0.2, -0.15) is 0 Å². The molecule has 0 atom stereocenters. The first kappa shape index (κ1) is 15.6. The fourth-order valence-electron chi connectivity index (χ4n) is 0.813. The van der Waals surface area contributed by atoms with Crippen molar-refractivity contribution in [3.63, 3.8) is 0 Å². The normalized spacial score (nSPS) is 10.5. The summed E-state index contributed by atoms with van der Waals surface area (Å²) in [6, 6.07) is 9.73. The summed E-state index contributed by atoms with van der Waals surface area (Å²) < 4.78 is 14.3. The second kappa shape index (κ2) is 8.73. The molecule has 0 bridgehead atoms. The van der Waals surface area contributed by atoms with E-state index < -0.39 is 7.82 Å². The highest BCUT2D eigenvalue weighted by atomic mass is 31.2. The van der Waals surface area contributed by atoms with Crippen LogP contribution in [0, 0.1) is 0 Å². The number of ether oxygens (including phenoxy) is 1. The molecule has 94 valence electrons. The Bertz CT molecular complexity index is 374. The van der Waals surface area contributed by atoms with Crippen LogP contribution in [0.5, 0.6) is 5.75 Å². The van der Waals surface area contributed by atoms with Crippen LogP contribution in [-0.2, 0) is 4.57 Å². The third kappa shape index (κ3) is 14.6. The number of hydrogen-bond donors (Lipinski definition) is 3. The molecule has 1 aromatic rings. The molecule has 0 aliphatic heterocycles. The second-order valence-electron chi connectivity index (χ2n) is 2.80. The molecule has 0 fully saturated rings. The van der Waals surface area contributed by atoms with E-state index >= 15 is 0 Å². The highest BCUT2D eigenvalue weighted by molar-refractivity contribution is 7.45. The summed E-state index contributed by atoms with van der Waals surface area (Å²) in [5.74, 6) is 0.895. The van der Waals surface area contributed by atoms with E-state index in [-0.39, 0.29) is 0 Å². The first-order chi connectivity index (χ1) is 7.93. The number of para-hydroxylation sites is 1. The molecule has 3 N–H and O–H groups in total. The minimum Gasteiger partial charge on any atom is -0.490 e. The van der Waals surface area contributed by atoms with Crippen molar-refractivity contribution in [1.82, 2.24) is 0 Å². The first-order valence-electron chi connectivity index (χ1n) is 4.67. The van der Waals surface area contributed by atoms with Gasteiger partial charge in [-0.05, 0) is 18.2 Å². The van der Waals surface area contributed by atoms with E-state index in [1.807, 2.05) is 42.5 Å². The van der Waals surface area contributed by atoms with E-state index in [1.165, 1.54) is 0 Å². The molecular formula is C11H15O5P. The van der Waals surface area contributed by atoms with Gasteiger partial charge in [0.15, 0.2) is 0 Å². The molecule has 0 spiro atoms. The summed E-state index contributed by atoms with van der Waals surface area (Å²) in [6.07, 6.45) is 5.51. The maximum atomic E-state index is 8.88. The number of allylic oxidation sites excluding steroid dienone is 2. The van der Waals surface area contributed by atoms with Crippen LogP contribution in [-0.4, -0.2) is 21.3 Å². The molecule has 0 aromatic heterocycles. The van der Waals surface area contributed by atoms with Gasteiger partial charge in [-0.3, -0.25) is 0 Å². The molecule has 1 rings (SSSR count). The molecule has 0 aliphatic carbocycles. The van der Waals surface area contributed by atoms with E-state index in [4.69, 9.17) is 24.0 Å². The van der Waals surface area contributed by atoms with Gasteiger partial charge in [0, 0.05) is 0 Å². The average molecular weight is 258 g/mol. The van der Waals surface area contributed by atoms with Crippen LogP contribution in [0.25, 0.3) is 0 Å². The Morgan fingerprint density at radius 1 is 1.24 bits per heavy atom. The number of phosphoric acid groups is 1. The topological polar surface area (TPSA) is 87.0 Å². The number of benzene rings is 1. The quantitative estimate of drug-likeness (QED) is 0.567. The van der Waals surface area contributed by atoms with Crippen molar-refractivity contribution in [2.45, 2.75) is 0 Å². The fraction of sp³-hybridized carbons (Fsp3) is 0.0909. The number of hydrogen-bond acceptors (Lipinski definition) is 2. The third-order valence-corrected chi connectivity index (χ3v) is 1.36. The van der Waals surface area contributed by atoms with Gasteiger partial charge in [-0.1, -0.05) is 36.9 Å². The molecule has 0 aliphatic rings. The maximum absolute atomic E-state index is 8.88. The molecule has 0 saturated carbocycles. The molecule has 0 heterocycles. The van der Waals surface area contributed by atoms with Crippen LogP contribution in [0.4, 0.5) is 0 Å². The zero-order valence-electron chi connectivity index (χ0n) is 9.14. The highest BCUT2D eigenvalue weighted by Crippen LogP contribution is 2.25. The number of rotatable bonds is 4. The average Bonchev–Trinajstić information content (AvgIpc) is 2.24. The Balaban J connectivity index is 0.000000437. The molecule has 0 unspecified atom stereocenters. The van der Waals surface area contributed by atoms with Crippen molar-refractivity contribution >= 4 is 7.82 Å². The van der Waals surface area contributed by atoms with Crippen LogP contribution in [0.3, 0.4) is 0 Å². The minimum atomic E-state index is -4.64. The molecule has 0 amide bonds. The lowest BCUT2D eigenvalue weighted by molar-refractivity contribution is 0.275. The zero-order chi connectivity index (χ0) is 13.1. The summed E-state index contributed by atoms with van der Waals surface area (Å²) in [4.78, 5) is 21.6. The SMILES string of the molecule is C=CC=CCOc1ccccc1.O=P(O)(O)O. The van der Waals surface area contributed by atoms with Gasteiger partial charge in [-0.15, -0.1) is 0 Å². The van der Waals surface area contributed by atoms with E-state index in [1.54, 1.807) is 6.08 Å². The predicted octanol–water partition coefficient (Wildman–Crippen LogP) is 1.88. The molecule has 17 heavy (non-hydrogen) atoms. The maximum Gasteiger partial charge on any atom is 0.466 e. The van der Waals surface area contributed by atoms with Crippen molar-refractivity contribution in [2.24, 2.45) is 0 Å². The summed E-state index contributed by atoms with van der Waals surface area (Å²) >= 11 is 0. The van der Waals surface area contributed by atoms with Crippen molar-refractivity contribution in [3.8, 4) is 5.75 Å². The van der Waals surface area contributed by atoms with E-state index in [0.29, 0.717) is 6.61 Å². The Hall–Kier alpha value is -1.39. The standard InChI is InChI=1S/C11H12O.H3O4P/c1-2-3-7-10-12-11-8-5-4-6-9-11;1-5(2,3)4/h2-9H,1,10H2;(H3,1,2,3,4). The van der Waals surface area contributed by atoms with E-state index in [2.05, 4.69) is 6.58 Å². The monoisotopic (exact) mass is 258 g/mol. The minimum absolute atomic E-state index is 0.593. The van der Waals surface area contributed by atoms with Crippen LogP contribution in [0.2, 0.25) is 0 Å². The van der Waals surface area contributed by atoms with Gasteiger partial charge >= 0.3 is 7.82 Å². The van der Waals surface area contributed by atoms with Crippen molar-refractivity contribution in [2.75, 3.05) is 6.61 Å². The van der Waals surface area contributed by atoms with Crippen molar-refractivity contribution in [1.29, 1.82) is 0 Å². The summed E-state index contributed by atoms with van der Waals surface area (Å²) in [5.41, 5.74) is 0. The van der Waals surface area contributed by atoms with Crippen LogP contribution < -0.4 is 4.74 Å². The van der Waals surface area contributed by atoms with Gasteiger partial charge in [0.05, 0.1) is 0 Å². The van der Waals surface area contributed by atoms with Crippen LogP contribution >= 0.6 is 7.82 Å². The Morgan fingerprint density at radius 2 is 1.76 bits per heavy atom. The Kier molecular flexibility index (Phi) is 8.01. The van der Waals surface area contributed by atoms with Gasteiger partial charge < -0.3 is 19.4 Å². The molecule has 0 radical (unpaired) electrons. The lowest BCUT2D eigenvalue weighted by Gasteiger charge is -2.00. The van der Waals surface area contributed by atoms with Gasteiger partial charge in [-0.25, -0.2) is 4.57 Å². The molecule has 0 saturated heterocycles. The molecule has 5 nitrogen and oxygen atoms in total. The van der Waals surface area contributed by atoms with Gasteiger partial charge in [0.25, 0.3) is 0 Å². The first-order valence-corrected chi connectivity index (χ1v) is 6.23. The molecular weight excluding hydrogens is 243 g/mol. The highest BCUT2D eigenvalue weighted by Gasteiger charge is 2.00. The summed E-state index contributed by atoms with van der Waals surface area (Å²) in [6.45, 7) is 4.16. The fourth-order valence-corrected chi connectivity index (χ4v) is 0.813. The Morgan fingerprint density at radius 3 is 2.24 bits per heavy atom. The van der Waals surface area contributed by atoms with Gasteiger partial charge in [0.2, 0.25) is 0 Å². The molecule has 1 aromatic carbocycles. The van der Waals surface area contributed by atoms with Crippen LogP contribution in [0.1, 0.15) is 0 Å². The largest absolute Gasteiger partial charge is 0.490 e. The lowest BCUT2D eigenvalue weighted by atomic mass is 10.3. The smallest absolute Gasteiger partial charge is 0.466 e. The summed E-state index contributed by atoms with van der Waals surface area (Å²) in [5, 5.41) is 0. The molecule has 6 heteroatoms. The Labute approximate surface area is 99.9 Å². The zero-order valence-corrected chi connectivity index (χ0v) is 10.0. The van der Waals surface area contributed by atoms with Gasteiger partial charge in [0.1, 0.15) is 12.4 Å². The lowest BCUT2D eigenvalue weighted by Crippen LogP contribution is -1.91. The second-order valence-corrected chi connectivity index (χ2v) is 3.83. The van der Waals surface area contributed by atoms with E-state index in [9.17, 15) is 0 Å². The van der Waals surface area contributed by atoms with Crippen LogP contribution in [0.15, 0.2) is 55.1 Å². The summed E-state index contributed by atoms with van der Waals surface area (Å²) in [7, 11) is -4.64. The predicted molar refractivity (Wildman–Crippen MR) is 65.5 cm³/mol. The van der Waals surface area contributed by atoms with E-state index in [0.717, 1.165) is 5.75 Å². The third-order valence-electron chi connectivity index (χ3n) is 1.36.